The highest BCUT2D eigenvalue weighted by molar-refractivity contribution is 7.84. The number of amides is 1. The lowest BCUT2D eigenvalue weighted by Crippen LogP contribution is -2.52. The average Bonchev–Trinajstić information content (AvgIpc) is 3.22. The Morgan fingerprint density at radius 3 is 2.66 bits per heavy atom. The minimum Gasteiger partial charge on any atom is -0.490 e. The van der Waals surface area contributed by atoms with Crippen LogP contribution in [0.4, 0.5) is 5.69 Å². The maximum absolute atomic E-state index is 13.5. The maximum Gasteiger partial charge on any atom is 0.263 e. The minimum atomic E-state index is -1.47. The Morgan fingerprint density at radius 1 is 1.04 bits per heavy atom. The number of carbonyl (C=O) groups excluding carboxylic acids is 1. The van der Waals surface area contributed by atoms with E-state index < -0.39 is 11.0 Å². The third-order valence-corrected chi connectivity index (χ3v) is 14.3. The van der Waals surface area contributed by atoms with Crippen molar-refractivity contribution in [3.05, 3.63) is 58.1 Å². The molecule has 2 aliphatic carbocycles. The molecule has 7 rings (SSSR count). The Bertz CT molecular complexity index is 1480. The zero-order valence-electron chi connectivity index (χ0n) is 28.3. The smallest absolute Gasteiger partial charge is 0.263 e. The molecule has 8 atom stereocenters. The highest BCUT2D eigenvalue weighted by atomic mass is 35.5. The van der Waals surface area contributed by atoms with Gasteiger partial charge in [-0.3, -0.25) is 14.4 Å². The van der Waals surface area contributed by atoms with Crippen molar-refractivity contribution in [1.82, 2.24) is 9.62 Å². The molecule has 2 aromatic rings. The van der Waals surface area contributed by atoms with Crippen LogP contribution in [0, 0.1) is 23.7 Å². The molecule has 3 heterocycles. The van der Waals surface area contributed by atoms with Gasteiger partial charge >= 0.3 is 0 Å². The van der Waals surface area contributed by atoms with E-state index in [4.69, 9.17) is 21.1 Å². The lowest BCUT2D eigenvalue weighted by molar-refractivity contribution is -0.0220. The van der Waals surface area contributed by atoms with Gasteiger partial charge in [-0.2, -0.15) is 0 Å². The van der Waals surface area contributed by atoms with Gasteiger partial charge < -0.3 is 14.4 Å². The Hall–Kier alpha value is -2.13. The van der Waals surface area contributed by atoms with E-state index in [0.717, 1.165) is 88.0 Å². The van der Waals surface area contributed by atoms with E-state index in [1.807, 2.05) is 31.2 Å². The summed E-state index contributed by atoms with van der Waals surface area (Å²) in [7, 11) is -1.47. The summed E-state index contributed by atoms with van der Waals surface area (Å²) in [5, 5.41) is 0.664. The number of nitrogens with one attached hydrogen (secondary N) is 1. The number of nitrogens with zero attached hydrogens (tertiary/aromatic N) is 2. The monoisotopic (exact) mass is 681 g/mol. The Labute approximate surface area is 288 Å². The number of ether oxygens (including phenoxy) is 2. The second-order valence-electron chi connectivity index (χ2n) is 15.2. The molecule has 2 aromatic carbocycles. The molecule has 1 saturated heterocycles. The van der Waals surface area contributed by atoms with Crippen molar-refractivity contribution in [1.29, 1.82) is 0 Å². The number of hydrogen-bond acceptors (Lipinski definition) is 6. The summed E-state index contributed by atoms with van der Waals surface area (Å²) in [6.07, 6.45) is 9.00. The highest BCUT2D eigenvalue weighted by Gasteiger charge is 2.45. The zero-order chi connectivity index (χ0) is 32.7. The van der Waals surface area contributed by atoms with Gasteiger partial charge in [-0.05, 0) is 124 Å². The summed E-state index contributed by atoms with van der Waals surface area (Å²) >= 11 is 6.49. The zero-order valence-corrected chi connectivity index (χ0v) is 29.9. The van der Waals surface area contributed by atoms with Crippen molar-refractivity contribution in [3.63, 3.8) is 0 Å². The first-order valence-corrected chi connectivity index (χ1v) is 19.7. The molecule has 8 unspecified atom stereocenters. The molecule has 0 aromatic heterocycles. The van der Waals surface area contributed by atoms with Gasteiger partial charge in [-0.15, -0.1) is 0 Å². The molecule has 1 spiro atoms. The fourth-order valence-corrected chi connectivity index (χ4v) is 10.6. The molecule has 2 bridgehead atoms. The average molecular weight is 682 g/mol. The molecule has 5 aliphatic rings. The van der Waals surface area contributed by atoms with Gasteiger partial charge in [0.15, 0.2) is 0 Å². The van der Waals surface area contributed by atoms with Crippen LogP contribution in [0.3, 0.4) is 0 Å². The molecule has 2 fully saturated rings. The van der Waals surface area contributed by atoms with Crippen LogP contribution < -0.4 is 14.4 Å². The standard InChI is InChI=1S/C38H52ClN3O4S/c1-25-6-4-8-32(26(2)41-16-18-45-19-17-41)33-12-9-30(33)22-42-23-38(15-5-7-28-20-31(39)11-13-34(28)38)24-46-36-14-10-29(21-35(36)42)37(43)40-47(44)27(25)3/h10-11,13-14,20-21,25-27,30,32-33H,4-9,12,15-19,22-24H2,1-3H3,(H,40,43). The molecule has 1 saturated carbocycles. The largest absolute Gasteiger partial charge is 0.490 e. The predicted octanol–water partition coefficient (Wildman–Crippen LogP) is 6.78. The first kappa shape index (κ1) is 33.4. The summed E-state index contributed by atoms with van der Waals surface area (Å²) in [5.41, 5.74) is 4.05. The number of halogens is 1. The van der Waals surface area contributed by atoms with Crippen molar-refractivity contribution in [2.45, 2.75) is 88.8 Å². The number of hydrogen-bond donors (Lipinski definition) is 1. The topological polar surface area (TPSA) is 71.1 Å². The van der Waals surface area contributed by atoms with Crippen LogP contribution in [0.2, 0.25) is 5.02 Å². The van der Waals surface area contributed by atoms with Crippen molar-refractivity contribution in [3.8, 4) is 5.75 Å². The van der Waals surface area contributed by atoms with Crippen molar-refractivity contribution in [2.75, 3.05) is 50.9 Å². The van der Waals surface area contributed by atoms with Gasteiger partial charge in [-0.1, -0.05) is 31.0 Å². The van der Waals surface area contributed by atoms with Gasteiger partial charge in [-0.25, -0.2) is 4.21 Å². The van der Waals surface area contributed by atoms with Crippen LogP contribution in [0.1, 0.15) is 87.2 Å². The number of benzene rings is 2. The molecular formula is C38H52ClN3O4S. The SMILES string of the molecule is CC1CCCC(C(C)N2CCOCC2)C2CCC2CN2CC3(CCCc4cc(Cl)ccc43)COc3ccc(cc32)C(=O)NS(=O)C1C. The molecule has 0 radical (unpaired) electrons. The van der Waals surface area contributed by atoms with E-state index in [2.05, 4.69) is 40.5 Å². The molecular weight excluding hydrogens is 630 g/mol. The van der Waals surface area contributed by atoms with E-state index in [1.54, 1.807) is 0 Å². The molecule has 1 amide bonds. The van der Waals surface area contributed by atoms with Gasteiger partial charge in [0.25, 0.3) is 5.91 Å². The number of fused-ring (bicyclic) bond motifs is 4. The van der Waals surface area contributed by atoms with Crippen LogP contribution >= 0.6 is 11.6 Å². The minimum absolute atomic E-state index is 0.126. The number of carbonyl (C=O) groups is 1. The summed E-state index contributed by atoms with van der Waals surface area (Å²) in [6, 6.07) is 12.7. The maximum atomic E-state index is 13.5. The molecule has 256 valence electrons. The van der Waals surface area contributed by atoms with Crippen molar-refractivity contribution >= 4 is 34.2 Å². The van der Waals surface area contributed by atoms with Gasteiger partial charge in [0.2, 0.25) is 0 Å². The number of anilines is 1. The van der Waals surface area contributed by atoms with E-state index in [1.165, 1.54) is 30.4 Å². The van der Waals surface area contributed by atoms with Crippen molar-refractivity contribution in [2.24, 2.45) is 23.7 Å². The van der Waals surface area contributed by atoms with E-state index in [0.29, 0.717) is 36.0 Å². The molecule has 1 N–H and O–H groups in total. The van der Waals surface area contributed by atoms with Crippen LogP contribution in [0.15, 0.2) is 36.4 Å². The molecule has 7 nitrogen and oxygen atoms in total. The second-order valence-corrected chi connectivity index (χ2v) is 17.2. The predicted molar refractivity (Wildman–Crippen MR) is 190 cm³/mol. The van der Waals surface area contributed by atoms with Crippen LogP contribution in [0.5, 0.6) is 5.75 Å². The summed E-state index contributed by atoms with van der Waals surface area (Å²) in [5.74, 6) is 2.63. The van der Waals surface area contributed by atoms with Crippen LogP contribution in [-0.2, 0) is 27.6 Å². The highest BCUT2D eigenvalue weighted by Crippen LogP contribution is 2.49. The molecule has 47 heavy (non-hydrogen) atoms. The first-order valence-electron chi connectivity index (χ1n) is 18.1. The quantitative estimate of drug-likeness (QED) is 0.377. The van der Waals surface area contributed by atoms with E-state index in [9.17, 15) is 9.00 Å². The lowest BCUT2D eigenvalue weighted by Gasteiger charge is -2.50. The Balaban J connectivity index is 1.27. The fraction of sp³-hybridized carbons (Fsp3) is 0.658. The van der Waals surface area contributed by atoms with Crippen LogP contribution in [-0.4, -0.2) is 72.3 Å². The Morgan fingerprint density at radius 2 is 1.87 bits per heavy atom. The first-order chi connectivity index (χ1) is 22.7. The number of rotatable bonds is 2. The summed E-state index contributed by atoms with van der Waals surface area (Å²) in [6.45, 7) is 12.7. The third-order valence-electron chi connectivity index (χ3n) is 12.6. The third kappa shape index (κ3) is 6.73. The van der Waals surface area contributed by atoms with E-state index in [-0.39, 0.29) is 22.5 Å². The molecule has 3 aliphatic heterocycles. The van der Waals surface area contributed by atoms with Crippen molar-refractivity contribution < 1.29 is 18.5 Å². The van der Waals surface area contributed by atoms with Gasteiger partial charge in [0, 0.05) is 48.2 Å². The second kappa shape index (κ2) is 14.0. The molecule has 9 heteroatoms. The van der Waals surface area contributed by atoms with Crippen LogP contribution in [0.25, 0.3) is 0 Å². The van der Waals surface area contributed by atoms with E-state index >= 15 is 0 Å². The summed E-state index contributed by atoms with van der Waals surface area (Å²) in [4.78, 5) is 18.8. The lowest BCUT2D eigenvalue weighted by atomic mass is 9.63. The number of morpholine rings is 1. The Kier molecular flexibility index (Phi) is 9.94. The summed E-state index contributed by atoms with van der Waals surface area (Å²) < 4.78 is 28.7. The van der Waals surface area contributed by atoms with Gasteiger partial charge in [0.05, 0.1) is 30.8 Å². The normalized spacial score (nSPS) is 34.2. The fourth-order valence-electron chi connectivity index (χ4n) is 9.36. The number of aryl methyl sites for hydroxylation is 1. The van der Waals surface area contributed by atoms with Gasteiger partial charge in [0.1, 0.15) is 16.7 Å².